The number of benzene rings is 1. The molecule has 0 radical (unpaired) electrons. The van der Waals surface area contributed by atoms with Gasteiger partial charge in [0.1, 0.15) is 5.75 Å². The van der Waals surface area contributed by atoms with Crippen molar-refractivity contribution < 1.29 is 23.1 Å². The van der Waals surface area contributed by atoms with Crippen LogP contribution in [-0.2, 0) is 13.6 Å². The van der Waals surface area contributed by atoms with Crippen molar-refractivity contribution >= 4 is 13.3 Å². The van der Waals surface area contributed by atoms with Gasteiger partial charge in [-0.2, -0.15) is 0 Å². The quantitative estimate of drug-likeness (QED) is 0.638. The van der Waals surface area contributed by atoms with Crippen molar-refractivity contribution in [3.8, 4) is 5.75 Å². The largest absolute Gasteiger partial charge is 0.438 e. The maximum absolute atomic E-state index is 12.9. The molecule has 0 heterocycles. The van der Waals surface area contributed by atoms with Gasteiger partial charge in [0.2, 0.25) is 0 Å². The van der Waals surface area contributed by atoms with Gasteiger partial charge in [-0.3, -0.25) is 0 Å². The van der Waals surface area contributed by atoms with Crippen LogP contribution in [0.1, 0.15) is 41.5 Å². The van der Waals surface area contributed by atoms with E-state index in [4.69, 9.17) is 13.8 Å². The summed E-state index contributed by atoms with van der Waals surface area (Å²) < 4.78 is 28.8. The first-order chi connectivity index (χ1) is 10.4. The number of rotatable bonds is 6. The van der Waals surface area contributed by atoms with Crippen molar-refractivity contribution in [3.05, 3.63) is 30.3 Å². The van der Waals surface area contributed by atoms with E-state index in [1.165, 1.54) is 0 Å². The molecular weight excluding hydrogens is 315 g/mol. The van der Waals surface area contributed by atoms with Gasteiger partial charge in [0.15, 0.2) is 0 Å². The summed E-state index contributed by atoms with van der Waals surface area (Å²) in [5.41, 5.74) is -1.50. The van der Waals surface area contributed by atoms with Crippen LogP contribution in [0.5, 0.6) is 5.75 Å². The van der Waals surface area contributed by atoms with Gasteiger partial charge in [-0.25, -0.2) is 9.36 Å². The molecule has 0 fully saturated rings. The number of ether oxygens (including phenoxy) is 1. The highest BCUT2D eigenvalue weighted by Gasteiger charge is 2.40. The summed E-state index contributed by atoms with van der Waals surface area (Å²) in [5.74, 6) is 0.302. The van der Waals surface area contributed by atoms with Crippen LogP contribution in [0.25, 0.3) is 0 Å². The molecule has 23 heavy (non-hydrogen) atoms. The second-order valence-corrected chi connectivity index (χ2v) is 9.72. The molecule has 0 saturated carbocycles. The van der Waals surface area contributed by atoms with Gasteiger partial charge in [0.25, 0.3) is 0 Å². The molecule has 0 N–H and O–H groups in total. The Kier molecular flexibility index (Phi) is 6.58. The highest BCUT2D eigenvalue weighted by Crippen LogP contribution is 2.52. The fourth-order valence-corrected chi connectivity index (χ4v) is 2.96. The van der Waals surface area contributed by atoms with Gasteiger partial charge in [0.05, 0.1) is 13.2 Å². The zero-order valence-electron chi connectivity index (χ0n) is 14.8. The van der Waals surface area contributed by atoms with Gasteiger partial charge in [0, 0.05) is 0 Å². The highest BCUT2D eigenvalue weighted by molar-refractivity contribution is 7.71. The van der Waals surface area contributed by atoms with Crippen LogP contribution in [0.2, 0.25) is 0 Å². The second-order valence-electron chi connectivity index (χ2n) is 7.85. The van der Waals surface area contributed by atoms with Crippen molar-refractivity contribution in [2.45, 2.75) is 41.5 Å². The van der Waals surface area contributed by atoms with E-state index in [2.05, 4.69) is 0 Å². The van der Waals surface area contributed by atoms with Gasteiger partial charge < -0.3 is 13.8 Å². The summed E-state index contributed by atoms with van der Waals surface area (Å²) >= 11 is 0. The fraction of sp³-hybridized carbons (Fsp3) is 0.588. The maximum atomic E-state index is 12.9. The van der Waals surface area contributed by atoms with Crippen LogP contribution in [0.15, 0.2) is 30.3 Å². The third-order valence-electron chi connectivity index (χ3n) is 2.51. The molecule has 130 valence electrons. The molecule has 0 atom stereocenters. The molecule has 1 aromatic carbocycles. The first-order valence-corrected chi connectivity index (χ1v) is 9.12. The van der Waals surface area contributed by atoms with Gasteiger partial charge >= 0.3 is 13.3 Å². The average molecular weight is 342 g/mol. The average Bonchev–Trinajstić information content (AvgIpc) is 2.42. The van der Waals surface area contributed by atoms with Crippen LogP contribution in [0.3, 0.4) is 0 Å². The van der Waals surface area contributed by atoms with E-state index < -0.39 is 13.3 Å². The van der Waals surface area contributed by atoms with Crippen LogP contribution >= 0.6 is 7.60 Å². The maximum Gasteiger partial charge on any atom is 0.438 e. The Bertz CT molecular complexity index is 533. The van der Waals surface area contributed by atoms with E-state index in [9.17, 15) is 9.36 Å². The Labute approximate surface area is 138 Å². The lowest BCUT2D eigenvalue weighted by atomic mass is 9.99. The normalized spacial score (nSPS) is 13.0. The van der Waals surface area contributed by atoms with Crippen molar-refractivity contribution in [1.82, 2.24) is 0 Å². The van der Waals surface area contributed by atoms with Crippen LogP contribution in [-0.4, -0.2) is 18.9 Å². The van der Waals surface area contributed by atoms with E-state index in [-0.39, 0.29) is 24.0 Å². The SMILES string of the molecule is CC(C)(C)COP(=O)(OCC(C)(C)C)C(=O)Oc1ccccc1. The van der Waals surface area contributed by atoms with Crippen LogP contribution in [0.4, 0.5) is 4.79 Å². The molecule has 0 spiro atoms. The minimum atomic E-state index is -4.03. The molecule has 1 aromatic rings. The van der Waals surface area contributed by atoms with Gasteiger partial charge in [-0.15, -0.1) is 0 Å². The lowest BCUT2D eigenvalue weighted by Gasteiger charge is -2.25. The third kappa shape index (κ3) is 7.78. The Balaban J connectivity index is 2.88. The topological polar surface area (TPSA) is 61.8 Å². The Morgan fingerprint density at radius 2 is 1.35 bits per heavy atom. The predicted octanol–water partition coefficient (Wildman–Crippen LogP) is 5.50. The van der Waals surface area contributed by atoms with Gasteiger partial charge in [-0.1, -0.05) is 59.7 Å². The van der Waals surface area contributed by atoms with Crippen molar-refractivity contribution in [3.63, 3.8) is 0 Å². The minimum Gasteiger partial charge on any atom is -0.417 e. The lowest BCUT2D eigenvalue weighted by molar-refractivity contribution is 0.119. The van der Waals surface area contributed by atoms with Crippen LogP contribution in [0, 0.1) is 10.8 Å². The van der Waals surface area contributed by atoms with Crippen LogP contribution < -0.4 is 4.74 Å². The first-order valence-electron chi connectivity index (χ1n) is 7.58. The number of carbonyl (C=O) groups is 1. The Hall–Kier alpha value is -1.16. The van der Waals surface area contributed by atoms with E-state index in [1.54, 1.807) is 30.3 Å². The lowest BCUT2D eigenvalue weighted by Crippen LogP contribution is -2.21. The summed E-state index contributed by atoms with van der Waals surface area (Å²) in [5, 5.41) is 0. The Morgan fingerprint density at radius 1 is 0.913 bits per heavy atom. The summed E-state index contributed by atoms with van der Waals surface area (Å²) in [6, 6.07) is 8.45. The number of hydrogen-bond donors (Lipinski definition) is 0. The first kappa shape index (κ1) is 19.9. The van der Waals surface area contributed by atoms with Crippen molar-refractivity contribution in [2.24, 2.45) is 10.8 Å². The standard InChI is InChI=1S/C17H27O5P/c1-16(2,3)12-20-23(19,21-13-17(4,5)6)15(18)22-14-10-8-7-9-11-14/h7-11H,12-13H2,1-6H3. The smallest absolute Gasteiger partial charge is 0.417 e. The molecule has 0 bridgehead atoms. The van der Waals surface area contributed by atoms with E-state index in [0.717, 1.165) is 0 Å². The molecule has 0 aliphatic heterocycles. The molecule has 0 unspecified atom stereocenters. The molecule has 0 aliphatic carbocycles. The van der Waals surface area contributed by atoms with Gasteiger partial charge in [-0.05, 0) is 23.0 Å². The summed E-state index contributed by atoms with van der Waals surface area (Å²) in [4.78, 5) is 12.3. The molecule has 0 aliphatic rings. The third-order valence-corrected chi connectivity index (χ3v) is 3.98. The number of hydrogen-bond acceptors (Lipinski definition) is 5. The molecule has 0 amide bonds. The Morgan fingerprint density at radius 3 is 1.74 bits per heavy atom. The zero-order valence-corrected chi connectivity index (χ0v) is 15.7. The predicted molar refractivity (Wildman–Crippen MR) is 90.9 cm³/mol. The minimum absolute atomic E-state index is 0.123. The molecule has 1 rings (SSSR count). The van der Waals surface area contributed by atoms with Crippen molar-refractivity contribution in [1.29, 1.82) is 0 Å². The monoisotopic (exact) mass is 342 g/mol. The zero-order chi connectivity index (χ0) is 17.7. The highest BCUT2D eigenvalue weighted by atomic mass is 31.2. The number of para-hydroxylation sites is 1. The molecule has 5 nitrogen and oxygen atoms in total. The summed E-state index contributed by atoms with van der Waals surface area (Å²) in [6.07, 6.45) is 0. The van der Waals surface area contributed by atoms with E-state index in [0.29, 0.717) is 5.75 Å². The molecule has 0 saturated heterocycles. The fourth-order valence-electron chi connectivity index (χ4n) is 1.35. The van der Waals surface area contributed by atoms with Crippen molar-refractivity contribution in [2.75, 3.05) is 13.2 Å². The molecular formula is C17H27O5P. The van der Waals surface area contributed by atoms with E-state index >= 15 is 0 Å². The molecule has 0 aromatic heterocycles. The summed E-state index contributed by atoms with van der Waals surface area (Å²) in [6.45, 7) is 11.8. The van der Waals surface area contributed by atoms with E-state index in [1.807, 2.05) is 41.5 Å². The number of carbonyl (C=O) groups excluding carboxylic acids is 1. The second kappa shape index (κ2) is 7.61. The summed E-state index contributed by atoms with van der Waals surface area (Å²) in [7, 11) is -4.03. The molecule has 6 heteroatoms.